The number of rotatable bonds is 5. The summed E-state index contributed by atoms with van der Waals surface area (Å²) in [4.78, 5) is 18.4. The summed E-state index contributed by atoms with van der Waals surface area (Å²) in [6.45, 7) is 0. The summed E-state index contributed by atoms with van der Waals surface area (Å²) in [7, 11) is 0. The van der Waals surface area contributed by atoms with E-state index in [4.69, 9.17) is 0 Å². The highest BCUT2D eigenvalue weighted by Crippen LogP contribution is 2.31. The predicted molar refractivity (Wildman–Crippen MR) is 107 cm³/mol. The van der Waals surface area contributed by atoms with E-state index in [1.54, 1.807) is 0 Å². The van der Waals surface area contributed by atoms with E-state index in [1.165, 1.54) is 52.4 Å². The second kappa shape index (κ2) is 8.16. The highest BCUT2D eigenvalue weighted by Gasteiger charge is 2.31. The molecular weight excluding hydrogens is 421 g/mol. The lowest BCUT2D eigenvalue weighted by Gasteiger charge is -2.15. The molecule has 1 aliphatic heterocycles. The predicted octanol–water partition coefficient (Wildman–Crippen LogP) is 5.07. The van der Waals surface area contributed by atoms with Crippen LogP contribution in [0.5, 0.6) is 5.75 Å². The molecule has 1 aromatic heterocycles. The van der Waals surface area contributed by atoms with Crippen molar-refractivity contribution in [3.63, 3.8) is 0 Å². The Hall–Kier alpha value is -2.39. The second-order valence-electron chi connectivity index (χ2n) is 6.23. The molecule has 0 saturated heterocycles. The molecule has 0 fully saturated rings. The van der Waals surface area contributed by atoms with Gasteiger partial charge < -0.3 is 4.74 Å². The molecular formula is C20H15F3N2O2S2. The van der Waals surface area contributed by atoms with Gasteiger partial charge in [-0.05, 0) is 29.8 Å². The molecule has 3 aromatic rings. The number of thioether (sulfide) groups is 2. The monoisotopic (exact) mass is 436 g/mol. The molecule has 1 aliphatic rings. The van der Waals surface area contributed by atoms with Crippen molar-refractivity contribution in [3.05, 3.63) is 76.2 Å². The van der Waals surface area contributed by atoms with Gasteiger partial charge in [-0.3, -0.25) is 9.36 Å². The number of hydrogen-bond acceptors (Lipinski definition) is 5. The van der Waals surface area contributed by atoms with Crippen LogP contribution in [0.2, 0.25) is 0 Å². The van der Waals surface area contributed by atoms with Crippen molar-refractivity contribution >= 4 is 23.5 Å². The van der Waals surface area contributed by atoms with Crippen molar-refractivity contribution < 1.29 is 17.9 Å². The largest absolute Gasteiger partial charge is 0.573 e. The first-order valence-corrected chi connectivity index (χ1v) is 10.7. The SMILES string of the molecule is O=c1c2c(nc(SCc3ccccc3)n1-c1ccc(OC(F)(F)F)cc1)CCS2. The maximum Gasteiger partial charge on any atom is 0.573 e. The first-order chi connectivity index (χ1) is 13.9. The van der Waals surface area contributed by atoms with E-state index in [1.807, 2.05) is 30.3 Å². The van der Waals surface area contributed by atoms with E-state index >= 15 is 0 Å². The molecule has 9 heteroatoms. The molecule has 0 saturated carbocycles. The summed E-state index contributed by atoms with van der Waals surface area (Å²) < 4.78 is 42.6. The van der Waals surface area contributed by atoms with E-state index in [2.05, 4.69) is 9.72 Å². The van der Waals surface area contributed by atoms with Crippen LogP contribution in [0.25, 0.3) is 5.69 Å². The number of aryl methyl sites for hydroxylation is 1. The van der Waals surface area contributed by atoms with Crippen LogP contribution >= 0.6 is 23.5 Å². The van der Waals surface area contributed by atoms with Crippen LogP contribution in [0.4, 0.5) is 13.2 Å². The summed E-state index contributed by atoms with van der Waals surface area (Å²) in [5.74, 6) is 1.08. The molecule has 29 heavy (non-hydrogen) atoms. The normalized spacial score (nSPS) is 13.3. The van der Waals surface area contributed by atoms with E-state index in [0.717, 1.165) is 23.4 Å². The number of alkyl halides is 3. The third-order valence-corrected chi connectivity index (χ3v) is 6.32. The Morgan fingerprint density at radius 2 is 1.83 bits per heavy atom. The van der Waals surface area contributed by atoms with Crippen molar-refractivity contribution in [1.29, 1.82) is 0 Å². The van der Waals surface area contributed by atoms with Crippen LogP contribution in [-0.4, -0.2) is 21.7 Å². The smallest absolute Gasteiger partial charge is 0.406 e. The molecule has 0 spiro atoms. The molecule has 0 bridgehead atoms. The summed E-state index contributed by atoms with van der Waals surface area (Å²) in [5.41, 5.74) is 2.12. The van der Waals surface area contributed by atoms with E-state index in [-0.39, 0.29) is 11.3 Å². The summed E-state index contributed by atoms with van der Waals surface area (Å²) >= 11 is 2.88. The first kappa shape index (κ1) is 19.9. The van der Waals surface area contributed by atoms with Crippen LogP contribution in [0.3, 0.4) is 0 Å². The van der Waals surface area contributed by atoms with Crippen LogP contribution in [0, 0.1) is 0 Å². The lowest BCUT2D eigenvalue weighted by atomic mass is 10.2. The third kappa shape index (κ3) is 4.62. The topological polar surface area (TPSA) is 44.1 Å². The van der Waals surface area contributed by atoms with Crippen LogP contribution in [0.15, 0.2) is 69.4 Å². The number of ether oxygens (including phenoxy) is 1. The zero-order chi connectivity index (χ0) is 20.4. The van der Waals surface area contributed by atoms with Crippen molar-refractivity contribution in [2.24, 2.45) is 0 Å². The standard InChI is InChI=1S/C20H15F3N2O2S2/c21-20(22,23)27-15-8-6-14(7-9-15)25-18(26)17-16(10-11-28-17)24-19(25)29-12-13-4-2-1-3-5-13/h1-9H,10-12H2. The van der Waals surface area contributed by atoms with Gasteiger partial charge in [0.05, 0.1) is 16.3 Å². The Balaban J connectivity index is 1.70. The summed E-state index contributed by atoms with van der Waals surface area (Å²) in [6.07, 6.45) is -4.03. The maximum absolute atomic E-state index is 13.1. The van der Waals surface area contributed by atoms with Crippen molar-refractivity contribution in [1.82, 2.24) is 9.55 Å². The van der Waals surface area contributed by atoms with Crippen LogP contribution < -0.4 is 10.3 Å². The van der Waals surface area contributed by atoms with E-state index in [9.17, 15) is 18.0 Å². The molecule has 0 radical (unpaired) electrons. The lowest BCUT2D eigenvalue weighted by Crippen LogP contribution is -2.24. The molecule has 0 atom stereocenters. The molecule has 4 nitrogen and oxygen atoms in total. The summed E-state index contributed by atoms with van der Waals surface area (Å²) in [5, 5.41) is 0.518. The fourth-order valence-electron chi connectivity index (χ4n) is 2.94. The number of nitrogens with zero attached hydrogens (tertiary/aromatic N) is 2. The fourth-order valence-corrected chi connectivity index (χ4v) is 4.94. The minimum absolute atomic E-state index is 0.197. The number of aromatic nitrogens is 2. The maximum atomic E-state index is 13.1. The van der Waals surface area contributed by atoms with Gasteiger partial charge in [-0.1, -0.05) is 42.1 Å². The third-order valence-electron chi connectivity index (χ3n) is 4.21. The number of fused-ring (bicyclic) bond motifs is 1. The van der Waals surface area contributed by atoms with Gasteiger partial charge in [-0.15, -0.1) is 24.9 Å². The number of halogens is 3. The Bertz CT molecular complexity index is 1070. The Morgan fingerprint density at radius 3 is 2.52 bits per heavy atom. The van der Waals surface area contributed by atoms with Gasteiger partial charge in [0.2, 0.25) is 0 Å². The van der Waals surface area contributed by atoms with Gasteiger partial charge in [0.15, 0.2) is 5.16 Å². The zero-order valence-electron chi connectivity index (χ0n) is 15.0. The highest BCUT2D eigenvalue weighted by molar-refractivity contribution is 7.99. The molecule has 0 N–H and O–H groups in total. The van der Waals surface area contributed by atoms with Crippen molar-refractivity contribution in [3.8, 4) is 11.4 Å². The molecule has 0 amide bonds. The van der Waals surface area contributed by atoms with Crippen LogP contribution in [0.1, 0.15) is 11.3 Å². The van der Waals surface area contributed by atoms with Crippen LogP contribution in [-0.2, 0) is 12.2 Å². The molecule has 2 heterocycles. The molecule has 150 valence electrons. The van der Waals surface area contributed by atoms with Gasteiger partial charge >= 0.3 is 6.36 Å². The van der Waals surface area contributed by atoms with Gasteiger partial charge in [0, 0.05) is 17.9 Å². The van der Waals surface area contributed by atoms with Gasteiger partial charge in [0.1, 0.15) is 5.75 Å². The number of benzene rings is 2. The minimum Gasteiger partial charge on any atom is -0.406 e. The lowest BCUT2D eigenvalue weighted by molar-refractivity contribution is -0.274. The molecule has 0 unspecified atom stereocenters. The van der Waals surface area contributed by atoms with Crippen molar-refractivity contribution in [2.45, 2.75) is 28.6 Å². The molecule has 0 aliphatic carbocycles. The molecule has 2 aromatic carbocycles. The van der Waals surface area contributed by atoms with Crippen molar-refractivity contribution in [2.75, 3.05) is 5.75 Å². The van der Waals surface area contributed by atoms with Gasteiger partial charge in [-0.25, -0.2) is 4.98 Å². The average Bonchev–Trinajstić information content (AvgIpc) is 3.16. The Labute approximate surface area is 173 Å². The summed E-state index contributed by atoms with van der Waals surface area (Å²) in [6, 6.07) is 15.0. The minimum atomic E-state index is -4.76. The van der Waals surface area contributed by atoms with E-state index < -0.39 is 6.36 Å². The second-order valence-corrected chi connectivity index (χ2v) is 8.27. The number of hydrogen-bond donors (Lipinski definition) is 0. The Morgan fingerprint density at radius 1 is 1.10 bits per heavy atom. The van der Waals surface area contributed by atoms with Gasteiger partial charge in [-0.2, -0.15) is 0 Å². The first-order valence-electron chi connectivity index (χ1n) is 8.72. The zero-order valence-corrected chi connectivity index (χ0v) is 16.6. The average molecular weight is 436 g/mol. The quantitative estimate of drug-likeness (QED) is 0.413. The fraction of sp³-hybridized carbons (Fsp3) is 0.200. The molecule has 4 rings (SSSR count). The Kier molecular flexibility index (Phi) is 5.60. The van der Waals surface area contributed by atoms with E-state index in [0.29, 0.717) is 21.5 Å². The van der Waals surface area contributed by atoms with Gasteiger partial charge in [0.25, 0.3) is 5.56 Å². The highest BCUT2D eigenvalue weighted by atomic mass is 32.2.